The molecule has 0 saturated carbocycles. The number of pyridine rings is 1. The van der Waals surface area contributed by atoms with Gasteiger partial charge in [0.15, 0.2) is 11.4 Å². The van der Waals surface area contributed by atoms with E-state index in [-0.39, 0.29) is 11.1 Å². The highest BCUT2D eigenvalue weighted by atomic mass is 35.5. The number of aromatic hydroxyl groups is 1. The zero-order valence-electron chi connectivity index (χ0n) is 10.4. The van der Waals surface area contributed by atoms with Gasteiger partial charge in [-0.15, -0.1) is 0 Å². The van der Waals surface area contributed by atoms with Gasteiger partial charge in [0.25, 0.3) is 5.91 Å². The molecule has 0 radical (unpaired) electrons. The highest BCUT2D eigenvalue weighted by Gasteiger charge is 2.19. The number of carbonyl (C=O) groups is 2. The molecule has 1 aromatic heterocycles. The van der Waals surface area contributed by atoms with Gasteiger partial charge >= 0.3 is 5.97 Å². The van der Waals surface area contributed by atoms with Crippen LogP contribution in [0.2, 0.25) is 5.02 Å². The van der Waals surface area contributed by atoms with Gasteiger partial charge in [-0.25, -0.2) is 4.98 Å². The molecular weight excluding hydrogens is 298 g/mol. The van der Waals surface area contributed by atoms with Crippen LogP contribution in [0.3, 0.4) is 0 Å². The van der Waals surface area contributed by atoms with Crippen LogP contribution in [0.15, 0.2) is 18.2 Å². The molecule has 2 rings (SSSR count). The van der Waals surface area contributed by atoms with E-state index in [4.69, 9.17) is 22.0 Å². The molecule has 0 aliphatic rings. The molecule has 21 heavy (non-hydrogen) atoms. The molecule has 0 bridgehead atoms. The number of carbonyl (C=O) groups excluding carboxylic acids is 1. The van der Waals surface area contributed by atoms with E-state index in [1.165, 1.54) is 18.2 Å². The molecule has 0 unspecified atom stereocenters. The van der Waals surface area contributed by atoms with E-state index in [2.05, 4.69) is 10.3 Å². The summed E-state index contributed by atoms with van der Waals surface area (Å²) < 4.78 is 0. The van der Waals surface area contributed by atoms with Crippen LogP contribution in [0, 0.1) is 11.3 Å². The normalized spacial score (nSPS) is 10.1. The minimum absolute atomic E-state index is 0.0695. The number of carboxylic acids is 1. The summed E-state index contributed by atoms with van der Waals surface area (Å²) in [4.78, 5) is 26.0. The molecule has 0 fully saturated rings. The highest BCUT2D eigenvalue weighted by molar-refractivity contribution is 6.31. The first-order valence-corrected chi connectivity index (χ1v) is 6.04. The SMILES string of the molecule is N#Cc1nc(C(=O)NCC(=O)O)c(O)c2cc(Cl)ccc12. The first-order valence-electron chi connectivity index (χ1n) is 5.66. The third kappa shape index (κ3) is 2.85. The summed E-state index contributed by atoms with van der Waals surface area (Å²) in [6, 6.07) is 6.23. The maximum atomic E-state index is 11.8. The van der Waals surface area contributed by atoms with Crippen molar-refractivity contribution < 1.29 is 19.8 Å². The zero-order chi connectivity index (χ0) is 15.6. The molecule has 1 aromatic carbocycles. The van der Waals surface area contributed by atoms with Gasteiger partial charge < -0.3 is 15.5 Å². The number of aromatic nitrogens is 1. The van der Waals surface area contributed by atoms with Gasteiger partial charge in [-0.2, -0.15) is 5.26 Å². The van der Waals surface area contributed by atoms with Crippen LogP contribution in [0.4, 0.5) is 0 Å². The van der Waals surface area contributed by atoms with Gasteiger partial charge in [-0.1, -0.05) is 11.6 Å². The number of nitrogens with zero attached hydrogens (tertiary/aromatic N) is 2. The molecule has 3 N–H and O–H groups in total. The third-order valence-electron chi connectivity index (χ3n) is 2.66. The van der Waals surface area contributed by atoms with E-state index < -0.39 is 29.9 Å². The summed E-state index contributed by atoms with van der Waals surface area (Å²) in [7, 11) is 0. The highest BCUT2D eigenvalue weighted by Crippen LogP contribution is 2.31. The van der Waals surface area contributed by atoms with Crippen molar-refractivity contribution in [2.45, 2.75) is 0 Å². The fourth-order valence-electron chi connectivity index (χ4n) is 1.75. The number of benzene rings is 1. The van der Waals surface area contributed by atoms with Gasteiger partial charge in [0, 0.05) is 15.8 Å². The van der Waals surface area contributed by atoms with Gasteiger partial charge in [-0.3, -0.25) is 9.59 Å². The summed E-state index contributed by atoms with van der Waals surface area (Å²) >= 11 is 5.83. The number of hydrogen-bond donors (Lipinski definition) is 3. The molecule has 2 aromatic rings. The van der Waals surface area contributed by atoms with E-state index in [1.807, 2.05) is 6.07 Å². The topological polar surface area (TPSA) is 123 Å². The predicted molar refractivity (Wildman–Crippen MR) is 73.1 cm³/mol. The van der Waals surface area contributed by atoms with Crippen molar-refractivity contribution >= 4 is 34.2 Å². The Morgan fingerprint density at radius 1 is 1.38 bits per heavy atom. The summed E-state index contributed by atoms with van der Waals surface area (Å²) in [5.74, 6) is -2.60. The Labute approximate surface area is 123 Å². The van der Waals surface area contributed by atoms with Crippen molar-refractivity contribution in [3.63, 3.8) is 0 Å². The van der Waals surface area contributed by atoms with Gasteiger partial charge in [0.1, 0.15) is 18.3 Å². The molecule has 0 aliphatic carbocycles. The summed E-state index contributed by atoms with van der Waals surface area (Å²) in [5.41, 5.74) is -0.498. The Hall–Kier alpha value is -2.85. The molecule has 8 heteroatoms. The summed E-state index contributed by atoms with van der Waals surface area (Å²) in [6.07, 6.45) is 0. The number of nitrogens with one attached hydrogen (secondary N) is 1. The molecule has 7 nitrogen and oxygen atoms in total. The van der Waals surface area contributed by atoms with Crippen LogP contribution in [0.5, 0.6) is 5.75 Å². The van der Waals surface area contributed by atoms with Crippen molar-refractivity contribution in [2.75, 3.05) is 6.54 Å². The number of aliphatic carboxylic acids is 1. The van der Waals surface area contributed by atoms with Gasteiger partial charge in [0.05, 0.1) is 0 Å². The Bertz CT molecular complexity index is 798. The molecule has 0 saturated heterocycles. The molecule has 1 heterocycles. The number of rotatable bonds is 3. The minimum atomic E-state index is -1.24. The number of halogens is 1. The van der Waals surface area contributed by atoms with E-state index >= 15 is 0 Å². The first kappa shape index (κ1) is 14.6. The number of hydrogen-bond acceptors (Lipinski definition) is 5. The van der Waals surface area contributed by atoms with Crippen LogP contribution >= 0.6 is 11.6 Å². The lowest BCUT2D eigenvalue weighted by Crippen LogP contribution is -2.30. The number of fused-ring (bicyclic) bond motifs is 1. The van der Waals surface area contributed by atoms with Crippen molar-refractivity contribution in [3.05, 3.63) is 34.6 Å². The van der Waals surface area contributed by atoms with Crippen LogP contribution in [0.25, 0.3) is 10.8 Å². The fourth-order valence-corrected chi connectivity index (χ4v) is 1.93. The molecule has 0 aliphatic heterocycles. The van der Waals surface area contributed by atoms with E-state index in [0.717, 1.165) is 0 Å². The lowest BCUT2D eigenvalue weighted by atomic mass is 10.1. The minimum Gasteiger partial charge on any atom is -0.505 e. The second-order valence-electron chi connectivity index (χ2n) is 4.04. The lowest BCUT2D eigenvalue weighted by molar-refractivity contribution is -0.135. The van der Waals surface area contributed by atoms with E-state index in [0.29, 0.717) is 10.4 Å². The number of nitriles is 1. The van der Waals surface area contributed by atoms with Crippen LogP contribution < -0.4 is 5.32 Å². The second kappa shape index (κ2) is 5.64. The van der Waals surface area contributed by atoms with Gasteiger partial charge in [0.2, 0.25) is 0 Å². The average Bonchev–Trinajstić information content (AvgIpc) is 2.45. The van der Waals surface area contributed by atoms with Crippen molar-refractivity contribution in [2.24, 2.45) is 0 Å². The molecule has 0 spiro atoms. The molecule has 106 valence electrons. The lowest BCUT2D eigenvalue weighted by Gasteiger charge is -2.09. The number of carboxylic acid groups (broad SMARTS) is 1. The maximum absolute atomic E-state index is 11.8. The van der Waals surface area contributed by atoms with E-state index in [9.17, 15) is 14.7 Å². The van der Waals surface area contributed by atoms with E-state index in [1.54, 1.807) is 0 Å². The third-order valence-corrected chi connectivity index (χ3v) is 2.90. The zero-order valence-corrected chi connectivity index (χ0v) is 11.2. The van der Waals surface area contributed by atoms with Gasteiger partial charge in [-0.05, 0) is 18.2 Å². The Morgan fingerprint density at radius 2 is 2.10 bits per heavy atom. The Morgan fingerprint density at radius 3 is 2.71 bits per heavy atom. The molecule has 1 amide bonds. The van der Waals surface area contributed by atoms with Crippen molar-refractivity contribution in [3.8, 4) is 11.8 Å². The van der Waals surface area contributed by atoms with Crippen molar-refractivity contribution in [1.29, 1.82) is 5.26 Å². The monoisotopic (exact) mass is 305 g/mol. The Kier molecular flexibility index (Phi) is 3.91. The maximum Gasteiger partial charge on any atom is 0.322 e. The molecular formula is C13H8ClN3O4. The molecule has 0 atom stereocenters. The largest absolute Gasteiger partial charge is 0.505 e. The Balaban J connectivity index is 2.60. The smallest absolute Gasteiger partial charge is 0.322 e. The first-order chi connectivity index (χ1) is 9.93. The average molecular weight is 306 g/mol. The van der Waals surface area contributed by atoms with Crippen LogP contribution in [-0.2, 0) is 4.79 Å². The summed E-state index contributed by atoms with van der Waals surface area (Å²) in [5, 5.41) is 30.6. The van der Waals surface area contributed by atoms with Crippen LogP contribution in [0.1, 0.15) is 16.2 Å². The fraction of sp³-hybridized carbons (Fsp3) is 0.0769. The summed E-state index contributed by atoms with van der Waals surface area (Å²) in [6.45, 7) is -0.630. The second-order valence-corrected chi connectivity index (χ2v) is 4.47. The van der Waals surface area contributed by atoms with Crippen LogP contribution in [-0.4, -0.2) is 33.6 Å². The van der Waals surface area contributed by atoms with Crippen molar-refractivity contribution in [1.82, 2.24) is 10.3 Å². The predicted octanol–water partition coefficient (Wildman–Crippen LogP) is 1.28. The number of amides is 1. The quantitative estimate of drug-likeness (QED) is 0.784. The standard InChI is InChI=1S/C13H8ClN3O4/c14-6-1-2-7-8(3-6)12(20)11(17-9(7)4-15)13(21)16-5-10(18)19/h1-3,20H,5H2,(H,16,21)(H,18,19).